The summed E-state index contributed by atoms with van der Waals surface area (Å²) in [5, 5.41) is 14.2. The van der Waals surface area contributed by atoms with Crippen molar-refractivity contribution in [3.05, 3.63) is 33.9 Å². The number of hydrogen-bond donors (Lipinski definition) is 1. The number of benzene rings is 1. The van der Waals surface area contributed by atoms with Gasteiger partial charge in [0.15, 0.2) is 0 Å². The van der Waals surface area contributed by atoms with Crippen molar-refractivity contribution in [2.24, 2.45) is 0 Å². The van der Waals surface area contributed by atoms with Crippen LogP contribution >= 0.6 is 0 Å². The fourth-order valence-electron chi connectivity index (χ4n) is 4.56. The van der Waals surface area contributed by atoms with E-state index in [0.29, 0.717) is 0 Å². The summed E-state index contributed by atoms with van der Waals surface area (Å²) in [7, 11) is 0. The molecule has 0 aliphatic rings. The van der Waals surface area contributed by atoms with Gasteiger partial charge in [-0.25, -0.2) is 0 Å². The second-order valence-electron chi connectivity index (χ2n) is 9.90. The molecule has 0 unspecified atom stereocenters. The molecule has 190 valence electrons. The number of nitro groups is 1. The Morgan fingerprint density at radius 2 is 1.06 bits per heavy atom. The van der Waals surface area contributed by atoms with Crippen molar-refractivity contribution in [2.45, 2.75) is 142 Å². The van der Waals surface area contributed by atoms with Gasteiger partial charge in [0.05, 0.1) is 4.92 Å². The number of nitrogens with zero attached hydrogens (tertiary/aromatic N) is 1. The Labute approximate surface area is 204 Å². The number of unbranched alkanes of at least 4 members (excludes halogenated alkanes) is 19. The van der Waals surface area contributed by atoms with Crippen LogP contribution in [0.25, 0.3) is 0 Å². The van der Waals surface area contributed by atoms with Gasteiger partial charge in [0.1, 0.15) is 0 Å². The van der Waals surface area contributed by atoms with Crippen LogP contribution in [-0.2, 0) is 0 Å². The van der Waals surface area contributed by atoms with Gasteiger partial charge in [-0.2, -0.15) is 0 Å². The van der Waals surface area contributed by atoms with Gasteiger partial charge in [-0.15, -0.1) is 0 Å². The molecule has 1 aromatic rings. The topological polar surface area (TPSA) is 55.2 Å². The van der Waals surface area contributed by atoms with Crippen LogP contribution in [0.1, 0.15) is 141 Å². The summed E-state index contributed by atoms with van der Waals surface area (Å²) >= 11 is 0. The number of anilines is 1. The Hall–Kier alpha value is -1.58. The summed E-state index contributed by atoms with van der Waals surface area (Å²) in [6.07, 6.45) is 28.0. The lowest BCUT2D eigenvalue weighted by molar-refractivity contribution is -0.384. The van der Waals surface area contributed by atoms with Crippen LogP contribution in [0, 0.1) is 17.0 Å². The third-order valence-corrected chi connectivity index (χ3v) is 6.77. The molecule has 33 heavy (non-hydrogen) atoms. The molecule has 0 radical (unpaired) electrons. The molecule has 4 heteroatoms. The first kappa shape index (κ1) is 29.5. The molecular weight excluding hydrogens is 408 g/mol. The van der Waals surface area contributed by atoms with Crippen LogP contribution in [0.4, 0.5) is 11.4 Å². The minimum atomic E-state index is -0.338. The monoisotopic (exact) mass is 460 g/mol. The highest BCUT2D eigenvalue weighted by Crippen LogP contribution is 2.21. The minimum absolute atomic E-state index is 0.164. The fraction of sp³-hybridized carbons (Fsp3) is 0.793. The van der Waals surface area contributed by atoms with E-state index in [-0.39, 0.29) is 10.6 Å². The van der Waals surface area contributed by atoms with E-state index in [1.165, 1.54) is 122 Å². The minimum Gasteiger partial charge on any atom is -0.385 e. The van der Waals surface area contributed by atoms with Gasteiger partial charge in [-0.3, -0.25) is 10.1 Å². The van der Waals surface area contributed by atoms with Gasteiger partial charge in [-0.1, -0.05) is 129 Å². The van der Waals surface area contributed by atoms with Crippen molar-refractivity contribution >= 4 is 11.4 Å². The van der Waals surface area contributed by atoms with Gasteiger partial charge in [0.2, 0.25) is 0 Å². The molecule has 0 aliphatic carbocycles. The number of non-ortho nitro benzene ring substituents is 1. The number of hydrogen-bond acceptors (Lipinski definition) is 3. The molecule has 1 aromatic carbocycles. The SMILES string of the molecule is CCCCCCCCCCCCCCCCCCCCCCNc1ccc([N+](=O)[O-])cc1C. The lowest BCUT2D eigenvalue weighted by Gasteiger charge is -2.09. The normalized spacial score (nSPS) is 11.1. The fourth-order valence-corrected chi connectivity index (χ4v) is 4.56. The third-order valence-electron chi connectivity index (χ3n) is 6.77. The molecule has 0 saturated carbocycles. The van der Waals surface area contributed by atoms with Crippen molar-refractivity contribution in [3.8, 4) is 0 Å². The highest BCUT2D eigenvalue weighted by Gasteiger charge is 2.07. The van der Waals surface area contributed by atoms with Gasteiger partial charge in [0, 0.05) is 24.4 Å². The van der Waals surface area contributed by atoms with Crippen molar-refractivity contribution in [3.63, 3.8) is 0 Å². The summed E-state index contributed by atoms with van der Waals surface area (Å²) in [6.45, 7) is 5.15. The zero-order valence-corrected chi connectivity index (χ0v) is 21.8. The number of nitro benzene ring substituents is 1. The quantitative estimate of drug-likeness (QED) is 0.100. The zero-order valence-electron chi connectivity index (χ0n) is 21.8. The van der Waals surface area contributed by atoms with E-state index in [4.69, 9.17) is 0 Å². The van der Waals surface area contributed by atoms with Crippen molar-refractivity contribution < 1.29 is 4.92 Å². The maximum Gasteiger partial charge on any atom is 0.269 e. The summed E-state index contributed by atoms with van der Waals surface area (Å²) in [5.41, 5.74) is 2.12. The lowest BCUT2D eigenvalue weighted by Crippen LogP contribution is -2.03. The van der Waals surface area contributed by atoms with Gasteiger partial charge in [-0.05, 0) is 25.0 Å². The molecule has 4 nitrogen and oxygen atoms in total. The molecule has 1 N–H and O–H groups in total. The standard InChI is InChI=1S/C29H52N2O2/c1-3-4-5-6-7-8-9-10-11-12-13-14-15-16-17-18-19-20-21-22-25-30-29-24-23-28(31(32)33)26-27(29)2/h23-24,26,30H,3-22,25H2,1-2H3. The second kappa shape index (κ2) is 21.0. The summed E-state index contributed by atoms with van der Waals surface area (Å²) in [6, 6.07) is 5.04. The van der Waals surface area contributed by atoms with Crippen molar-refractivity contribution in [1.82, 2.24) is 0 Å². The molecule has 0 aliphatic heterocycles. The highest BCUT2D eigenvalue weighted by molar-refractivity contribution is 5.55. The van der Waals surface area contributed by atoms with Gasteiger partial charge >= 0.3 is 0 Å². The van der Waals surface area contributed by atoms with E-state index in [9.17, 15) is 10.1 Å². The molecule has 0 atom stereocenters. The third kappa shape index (κ3) is 16.6. The maximum atomic E-state index is 10.8. The van der Waals surface area contributed by atoms with Gasteiger partial charge < -0.3 is 5.32 Å². The Balaban J connectivity index is 1.78. The Morgan fingerprint density at radius 1 is 0.667 bits per heavy atom. The van der Waals surface area contributed by atoms with E-state index >= 15 is 0 Å². The Morgan fingerprint density at radius 3 is 1.42 bits per heavy atom. The largest absolute Gasteiger partial charge is 0.385 e. The van der Waals surface area contributed by atoms with Crippen LogP contribution in [0.3, 0.4) is 0 Å². The number of rotatable bonds is 23. The first-order valence-corrected chi connectivity index (χ1v) is 14.1. The second-order valence-corrected chi connectivity index (χ2v) is 9.90. The number of nitrogens with one attached hydrogen (secondary N) is 1. The first-order chi connectivity index (χ1) is 16.1. The molecule has 0 bridgehead atoms. The van der Waals surface area contributed by atoms with Crippen LogP contribution < -0.4 is 5.32 Å². The van der Waals surface area contributed by atoms with Crippen LogP contribution in [-0.4, -0.2) is 11.5 Å². The van der Waals surface area contributed by atoms with Crippen LogP contribution in [0.5, 0.6) is 0 Å². The Kier molecular flexibility index (Phi) is 18.7. The zero-order chi connectivity index (χ0) is 24.0. The molecule has 1 rings (SSSR count). The van der Waals surface area contributed by atoms with Crippen molar-refractivity contribution in [1.29, 1.82) is 0 Å². The highest BCUT2D eigenvalue weighted by atomic mass is 16.6. The summed E-state index contributed by atoms with van der Waals surface area (Å²) in [5.74, 6) is 0. The molecule has 0 amide bonds. The van der Waals surface area contributed by atoms with E-state index in [0.717, 1.165) is 24.2 Å². The summed E-state index contributed by atoms with van der Waals surface area (Å²) < 4.78 is 0. The average molecular weight is 461 g/mol. The van der Waals surface area contributed by atoms with E-state index < -0.39 is 0 Å². The molecular formula is C29H52N2O2. The van der Waals surface area contributed by atoms with Crippen molar-refractivity contribution in [2.75, 3.05) is 11.9 Å². The Bertz CT molecular complexity index is 603. The van der Waals surface area contributed by atoms with E-state index in [1.54, 1.807) is 12.1 Å². The molecule has 0 heterocycles. The number of aryl methyl sites for hydroxylation is 1. The van der Waals surface area contributed by atoms with Crippen LogP contribution in [0.15, 0.2) is 18.2 Å². The molecule has 0 fully saturated rings. The first-order valence-electron chi connectivity index (χ1n) is 14.1. The van der Waals surface area contributed by atoms with Gasteiger partial charge in [0.25, 0.3) is 5.69 Å². The average Bonchev–Trinajstić information content (AvgIpc) is 2.80. The molecule has 0 saturated heterocycles. The lowest BCUT2D eigenvalue weighted by atomic mass is 10.0. The predicted molar refractivity (Wildman–Crippen MR) is 144 cm³/mol. The predicted octanol–water partition coefficient (Wildman–Crippen LogP) is 10.1. The van der Waals surface area contributed by atoms with E-state index in [2.05, 4.69) is 12.2 Å². The molecule has 0 aromatic heterocycles. The summed E-state index contributed by atoms with van der Waals surface area (Å²) in [4.78, 5) is 10.5. The van der Waals surface area contributed by atoms with Crippen LogP contribution in [0.2, 0.25) is 0 Å². The maximum absolute atomic E-state index is 10.8. The van der Waals surface area contributed by atoms with E-state index in [1.807, 2.05) is 13.0 Å². The smallest absolute Gasteiger partial charge is 0.269 e. The molecule has 0 spiro atoms.